The quantitative estimate of drug-likeness (QED) is 0.668. The molecule has 0 fully saturated rings. The summed E-state index contributed by atoms with van der Waals surface area (Å²) in [5.74, 6) is 0.908. The Kier molecular flexibility index (Phi) is 4.65. The first-order valence-electron chi connectivity index (χ1n) is 5.97. The minimum atomic E-state index is 0.719. The molecule has 2 N–H and O–H groups in total. The topological polar surface area (TPSA) is 35.2 Å². The molecule has 0 aliphatic heterocycles. The molecule has 18 heavy (non-hydrogen) atoms. The van der Waals surface area contributed by atoms with Crippen molar-refractivity contribution in [1.82, 2.24) is 0 Å². The summed E-state index contributed by atoms with van der Waals surface area (Å²) in [5, 5.41) is 0. The van der Waals surface area contributed by atoms with E-state index < -0.39 is 0 Å². The molecule has 0 atom stereocenters. The molecule has 0 bridgehead atoms. The van der Waals surface area contributed by atoms with E-state index in [2.05, 4.69) is 22.0 Å². The Labute approximate surface area is 116 Å². The van der Waals surface area contributed by atoms with Gasteiger partial charge in [-0.05, 0) is 54.8 Å². The molecule has 2 nitrogen and oxygen atoms in total. The molecule has 0 aliphatic carbocycles. The van der Waals surface area contributed by atoms with Gasteiger partial charge in [0, 0.05) is 10.2 Å². The molecular formula is C15H16BrNO. The maximum absolute atomic E-state index is 5.73. The fraction of sp³-hybridized carbons (Fsp3) is 0.200. The molecule has 0 amide bonds. The average molecular weight is 306 g/mol. The number of nitrogen functional groups attached to an aromatic ring is 1. The van der Waals surface area contributed by atoms with E-state index in [1.807, 2.05) is 42.5 Å². The van der Waals surface area contributed by atoms with Crippen molar-refractivity contribution in [3.8, 4) is 5.75 Å². The average Bonchev–Trinajstić information content (AvgIpc) is 2.37. The van der Waals surface area contributed by atoms with Gasteiger partial charge in [0.05, 0.1) is 6.61 Å². The highest BCUT2D eigenvalue weighted by atomic mass is 79.9. The van der Waals surface area contributed by atoms with Crippen LogP contribution in [0.2, 0.25) is 0 Å². The highest BCUT2D eigenvalue weighted by molar-refractivity contribution is 9.10. The SMILES string of the molecule is Nc1cccc(CCCOc2ccc(Br)cc2)c1. The third-order valence-corrected chi connectivity index (χ3v) is 3.17. The lowest BCUT2D eigenvalue weighted by atomic mass is 10.1. The van der Waals surface area contributed by atoms with E-state index in [1.165, 1.54) is 5.56 Å². The molecule has 0 aromatic heterocycles. The second-order valence-electron chi connectivity index (χ2n) is 4.15. The van der Waals surface area contributed by atoms with E-state index in [9.17, 15) is 0 Å². The molecule has 3 heteroatoms. The van der Waals surface area contributed by atoms with Crippen LogP contribution in [0.25, 0.3) is 0 Å². The highest BCUT2D eigenvalue weighted by Gasteiger charge is 1.96. The maximum Gasteiger partial charge on any atom is 0.119 e. The number of halogens is 1. The first kappa shape index (κ1) is 13.0. The van der Waals surface area contributed by atoms with Crippen molar-refractivity contribution < 1.29 is 4.74 Å². The lowest BCUT2D eigenvalue weighted by molar-refractivity contribution is 0.311. The third-order valence-electron chi connectivity index (χ3n) is 2.64. The van der Waals surface area contributed by atoms with Gasteiger partial charge < -0.3 is 10.5 Å². The summed E-state index contributed by atoms with van der Waals surface area (Å²) >= 11 is 3.40. The van der Waals surface area contributed by atoms with Gasteiger partial charge in [-0.2, -0.15) is 0 Å². The van der Waals surface area contributed by atoms with Gasteiger partial charge in [-0.25, -0.2) is 0 Å². The molecule has 0 radical (unpaired) electrons. The lowest BCUT2D eigenvalue weighted by Gasteiger charge is -2.06. The first-order chi connectivity index (χ1) is 8.74. The van der Waals surface area contributed by atoms with Crippen LogP contribution in [0.5, 0.6) is 5.75 Å². The summed E-state index contributed by atoms with van der Waals surface area (Å²) in [5.41, 5.74) is 7.81. The van der Waals surface area contributed by atoms with Crippen molar-refractivity contribution >= 4 is 21.6 Å². The van der Waals surface area contributed by atoms with Gasteiger partial charge in [0.2, 0.25) is 0 Å². The number of benzene rings is 2. The molecule has 0 spiro atoms. The molecule has 0 saturated carbocycles. The number of hydrogen-bond donors (Lipinski definition) is 1. The molecule has 0 aliphatic rings. The summed E-state index contributed by atoms with van der Waals surface area (Å²) in [6, 6.07) is 15.9. The number of ether oxygens (including phenoxy) is 1. The van der Waals surface area contributed by atoms with E-state index in [1.54, 1.807) is 0 Å². The van der Waals surface area contributed by atoms with Gasteiger partial charge in [-0.1, -0.05) is 28.1 Å². The van der Waals surface area contributed by atoms with Crippen molar-refractivity contribution in [1.29, 1.82) is 0 Å². The monoisotopic (exact) mass is 305 g/mol. The van der Waals surface area contributed by atoms with Crippen LogP contribution >= 0.6 is 15.9 Å². The van der Waals surface area contributed by atoms with Crippen LogP contribution in [0, 0.1) is 0 Å². The van der Waals surface area contributed by atoms with Crippen molar-refractivity contribution in [2.45, 2.75) is 12.8 Å². The van der Waals surface area contributed by atoms with Crippen molar-refractivity contribution in [3.05, 3.63) is 58.6 Å². The van der Waals surface area contributed by atoms with Crippen LogP contribution in [0.4, 0.5) is 5.69 Å². The summed E-state index contributed by atoms with van der Waals surface area (Å²) in [7, 11) is 0. The van der Waals surface area contributed by atoms with Gasteiger partial charge in [0.1, 0.15) is 5.75 Å². The Morgan fingerprint density at radius 3 is 2.56 bits per heavy atom. The fourth-order valence-electron chi connectivity index (χ4n) is 1.75. The van der Waals surface area contributed by atoms with E-state index >= 15 is 0 Å². The van der Waals surface area contributed by atoms with E-state index in [4.69, 9.17) is 10.5 Å². The fourth-order valence-corrected chi connectivity index (χ4v) is 2.01. The minimum Gasteiger partial charge on any atom is -0.494 e. The minimum absolute atomic E-state index is 0.719. The van der Waals surface area contributed by atoms with E-state index in [-0.39, 0.29) is 0 Å². The molecule has 2 aromatic rings. The highest BCUT2D eigenvalue weighted by Crippen LogP contribution is 2.16. The molecule has 2 aromatic carbocycles. The molecule has 2 rings (SSSR count). The van der Waals surface area contributed by atoms with Gasteiger partial charge in [-0.3, -0.25) is 0 Å². The Hall–Kier alpha value is -1.48. The maximum atomic E-state index is 5.73. The molecule has 0 heterocycles. The Bertz CT molecular complexity index is 496. The Morgan fingerprint density at radius 2 is 1.83 bits per heavy atom. The van der Waals surface area contributed by atoms with E-state index in [0.29, 0.717) is 0 Å². The van der Waals surface area contributed by atoms with Crippen LogP contribution < -0.4 is 10.5 Å². The number of aryl methyl sites for hydroxylation is 1. The molecule has 0 saturated heterocycles. The zero-order chi connectivity index (χ0) is 12.8. The van der Waals surface area contributed by atoms with Crippen molar-refractivity contribution in [2.75, 3.05) is 12.3 Å². The zero-order valence-corrected chi connectivity index (χ0v) is 11.7. The largest absolute Gasteiger partial charge is 0.494 e. The lowest BCUT2D eigenvalue weighted by Crippen LogP contribution is -1.99. The predicted octanol–water partition coefficient (Wildman–Crippen LogP) is 4.04. The van der Waals surface area contributed by atoms with Crippen LogP contribution in [0.1, 0.15) is 12.0 Å². The summed E-state index contributed by atoms with van der Waals surface area (Å²) in [6.45, 7) is 0.719. The Balaban J connectivity index is 1.74. The number of rotatable bonds is 5. The number of anilines is 1. The molecule has 94 valence electrons. The normalized spacial score (nSPS) is 10.3. The van der Waals surface area contributed by atoms with Crippen molar-refractivity contribution in [3.63, 3.8) is 0 Å². The van der Waals surface area contributed by atoms with Crippen LogP contribution in [0.15, 0.2) is 53.0 Å². The number of hydrogen-bond acceptors (Lipinski definition) is 2. The standard InChI is InChI=1S/C15H16BrNO/c16-13-6-8-15(9-7-13)18-10-2-4-12-3-1-5-14(17)11-12/h1,3,5-9,11H,2,4,10,17H2. The predicted molar refractivity (Wildman–Crippen MR) is 78.8 cm³/mol. The third kappa shape index (κ3) is 4.08. The summed E-state index contributed by atoms with van der Waals surface area (Å²) < 4.78 is 6.73. The van der Waals surface area contributed by atoms with Gasteiger partial charge in [-0.15, -0.1) is 0 Å². The zero-order valence-electron chi connectivity index (χ0n) is 10.1. The summed E-state index contributed by atoms with van der Waals surface area (Å²) in [4.78, 5) is 0. The number of nitrogens with two attached hydrogens (primary N) is 1. The molecule has 0 unspecified atom stereocenters. The van der Waals surface area contributed by atoms with Gasteiger partial charge in [0.25, 0.3) is 0 Å². The first-order valence-corrected chi connectivity index (χ1v) is 6.76. The van der Waals surface area contributed by atoms with Gasteiger partial charge >= 0.3 is 0 Å². The van der Waals surface area contributed by atoms with Gasteiger partial charge in [0.15, 0.2) is 0 Å². The summed E-state index contributed by atoms with van der Waals surface area (Å²) in [6.07, 6.45) is 1.97. The van der Waals surface area contributed by atoms with Crippen molar-refractivity contribution in [2.24, 2.45) is 0 Å². The second-order valence-corrected chi connectivity index (χ2v) is 5.07. The smallest absolute Gasteiger partial charge is 0.119 e. The molecular weight excluding hydrogens is 290 g/mol. The second kappa shape index (κ2) is 6.45. The van der Waals surface area contributed by atoms with Crippen LogP contribution in [-0.2, 0) is 6.42 Å². The Morgan fingerprint density at radius 1 is 1.06 bits per heavy atom. The van der Waals surface area contributed by atoms with Crippen LogP contribution in [-0.4, -0.2) is 6.61 Å². The van der Waals surface area contributed by atoms with E-state index in [0.717, 1.165) is 35.4 Å². The van der Waals surface area contributed by atoms with Crippen LogP contribution in [0.3, 0.4) is 0 Å².